The van der Waals surface area contributed by atoms with Gasteiger partial charge in [-0.3, -0.25) is 4.79 Å². The molecule has 0 saturated carbocycles. The Morgan fingerprint density at radius 3 is 2.83 bits per heavy atom. The number of carbonyl (C=O) groups excluding carboxylic acids is 2. The third-order valence-corrected chi connectivity index (χ3v) is 3.31. The number of benzene rings is 1. The van der Waals surface area contributed by atoms with Crippen LogP contribution in [0.4, 0.5) is 5.69 Å². The molecule has 2 aromatic heterocycles. The number of carbonyl (C=O) groups is 2. The van der Waals surface area contributed by atoms with Crippen molar-refractivity contribution in [1.82, 2.24) is 14.6 Å². The summed E-state index contributed by atoms with van der Waals surface area (Å²) in [5.74, 6) is -0.824. The van der Waals surface area contributed by atoms with Crippen molar-refractivity contribution in [1.29, 1.82) is 0 Å². The van der Waals surface area contributed by atoms with E-state index in [0.29, 0.717) is 16.9 Å². The zero-order valence-electron chi connectivity index (χ0n) is 12.6. The summed E-state index contributed by atoms with van der Waals surface area (Å²) in [5.41, 5.74) is 2.53. The lowest BCUT2D eigenvalue weighted by molar-refractivity contribution is 0.0600. The molecule has 0 aliphatic heterocycles. The van der Waals surface area contributed by atoms with E-state index in [1.165, 1.54) is 7.11 Å². The minimum Gasteiger partial charge on any atom is -0.465 e. The van der Waals surface area contributed by atoms with Gasteiger partial charge in [-0.1, -0.05) is 6.07 Å². The van der Waals surface area contributed by atoms with Gasteiger partial charge in [-0.05, 0) is 31.2 Å². The minimum absolute atomic E-state index is 0.277. The number of fused-ring (bicyclic) bond motifs is 1. The zero-order valence-corrected chi connectivity index (χ0v) is 12.6. The Labute approximate surface area is 131 Å². The van der Waals surface area contributed by atoms with Crippen LogP contribution in [0.15, 0.2) is 42.6 Å². The summed E-state index contributed by atoms with van der Waals surface area (Å²) in [7, 11) is 1.31. The molecule has 7 nitrogen and oxygen atoms in total. The molecule has 116 valence electrons. The van der Waals surface area contributed by atoms with Crippen molar-refractivity contribution in [3.8, 4) is 0 Å². The van der Waals surface area contributed by atoms with Gasteiger partial charge in [0, 0.05) is 17.4 Å². The van der Waals surface area contributed by atoms with Crippen LogP contribution in [-0.4, -0.2) is 33.6 Å². The number of aromatic nitrogens is 3. The molecule has 1 N–H and O–H groups in total. The zero-order chi connectivity index (χ0) is 16.4. The van der Waals surface area contributed by atoms with Gasteiger partial charge in [0.2, 0.25) is 0 Å². The molecule has 0 fully saturated rings. The van der Waals surface area contributed by atoms with Gasteiger partial charge in [-0.25, -0.2) is 14.3 Å². The molecule has 0 aliphatic rings. The van der Waals surface area contributed by atoms with Gasteiger partial charge < -0.3 is 10.1 Å². The highest BCUT2D eigenvalue weighted by Gasteiger charge is 2.12. The molecule has 7 heteroatoms. The Hall–Kier alpha value is -3.22. The maximum absolute atomic E-state index is 12.4. The number of methoxy groups -OCH3 is 1. The molecule has 0 unspecified atom stereocenters. The van der Waals surface area contributed by atoms with Crippen molar-refractivity contribution in [3.63, 3.8) is 0 Å². The average Bonchev–Trinajstić information content (AvgIpc) is 3.03. The Morgan fingerprint density at radius 1 is 1.22 bits per heavy atom. The van der Waals surface area contributed by atoms with Crippen molar-refractivity contribution in [2.75, 3.05) is 12.4 Å². The first-order chi connectivity index (χ1) is 11.1. The van der Waals surface area contributed by atoms with Crippen LogP contribution in [0.5, 0.6) is 0 Å². The summed E-state index contributed by atoms with van der Waals surface area (Å²) in [6, 6.07) is 9.90. The lowest BCUT2D eigenvalue weighted by Crippen LogP contribution is -2.15. The van der Waals surface area contributed by atoms with Crippen molar-refractivity contribution in [2.24, 2.45) is 0 Å². The fourth-order valence-corrected chi connectivity index (χ4v) is 2.22. The van der Waals surface area contributed by atoms with Crippen molar-refractivity contribution < 1.29 is 14.3 Å². The largest absolute Gasteiger partial charge is 0.465 e. The Morgan fingerprint density at radius 2 is 2.04 bits per heavy atom. The number of amides is 1. The number of aryl methyl sites for hydroxylation is 1. The van der Waals surface area contributed by atoms with Gasteiger partial charge in [-0.2, -0.15) is 5.10 Å². The standard InChI is InChI=1S/C16H14N4O3/c1-10-8-13(19-14-6-7-17-20(10)14)15(21)18-12-5-3-4-11(9-12)16(22)23-2/h3-9H,1-2H3,(H,18,21). The summed E-state index contributed by atoms with van der Waals surface area (Å²) in [6.45, 7) is 1.84. The fraction of sp³-hybridized carbons (Fsp3) is 0.125. The van der Waals surface area contributed by atoms with E-state index in [4.69, 9.17) is 0 Å². The first-order valence-electron chi connectivity index (χ1n) is 6.89. The number of rotatable bonds is 3. The third kappa shape index (κ3) is 2.89. The number of esters is 1. The molecule has 3 aromatic rings. The molecular formula is C16H14N4O3. The molecule has 0 bridgehead atoms. The van der Waals surface area contributed by atoms with Gasteiger partial charge in [0.25, 0.3) is 5.91 Å². The predicted octanol–water partition coefficient (Wildman–Crippen LogP) is 2.08. The molecule has 0 saturated heterocycles. The van der Waals surface area contributed by atoms with Gasteiger partial charge in [0.1, 0.15) is 5.69 Å². The third-order valence-electron chi connectivity index (χ3n) is 3.31. The van der Waals surface area contributed by atoms with Crippen LogP contribution in [0.3, 0.4) is 0 Å². The number of ether oxygens (including phenoxy) is 1. The molecule has 1 aromatic carbocycles. The number of hydrogen-bond donors (Lipinski definition) is 1. The topological polar surface area (TPSA) is 85.6 Å². The number of nitrogens with zero attached hydrogens (tertiary/aromatic N) is 3. The summed E-state index contributed by atoms with van der Waals surface area (Å²) >= 11 is 0. The van der Waals surface area contributed by atoms with Crippen LogP contribution >= 0.6 is 0 Å². The summed E-state index contributed by atoms with van der Waals surface area (Å²) < 4.78 is 6.31. The molecule has 2 heterocycles. The van der Waals surface area contributed by atoms with Crippen LogP contribution < -0.4 is 5.32 Å². The van der Waals surface area contributed by atoms with E-state index in [-0.39, 0.29) is 11.6 Å². The van der Waals surface area contributed by atoms with Crippen LogP contribution in [0.1, 0.15) is 26.5 Å². The molecule has 3 rings (SSSR count). The van der Waals surface area contributed by atoms with Crippen molar-refractivity contribution in [3.05, 3.63) is 59.5 Å². The maximum Gasteiger partial charge on any atom is 0.337 e. The highest BCUT2D eigenvalue weighted by atomic mass is 16.5. The molecule has 0 aliphatic carbocycles. The quantitative estimate of drug-likeness (QED) is 0.749. The lowest BCUT2D eigenvalue weighted by atomic mass is 10.2. The van der Waals surface area contributed by atoms with Gasteiger partial charge in [0.15, 0.2) is 5.65 Å². The average molecular weight is 310 g/mol. The van der Waals surface area contributed by atoms with E-state index in [2.05, 4.69) is 20.1 Å². The molecular weight excluding hydrogens is 296 g/mol. The fourth-order valence-electron chi connectivity index (χ4n) is 2.22. The Balaban J connectivity index is 1.87. The Kier molecular flexibility index (Phi) is 3.76. The van der Waals surface area contributed by atoms with Gasteiger partial charge in [0.05, 0.1) is 18.9 Å². The smallest absolute Gasteiger partial charge is 0.337 e. The molecule has 0 atom stereocenters. The lowest BCUT2D eigenvalue weighted by Gasteiger charge is -2.07. The van der Waals surface area contributed by atoms with E-state index < -0.39 is 5.97 Å². The molecule has 1 amide bonds. The van der Waals surface area contributed by atoms with Crippen molar-refractivity contribution in [2.45, 2.75) is 6.92 Å². The van der Waals surface area contributed by atoms with E-state index in [0.717, 1.165) is 5.69 Å². The second-order valence-corrected chi connectivity index (χ2v) is 4.91. The van der Waals surface area contributed by atoms with Crippen molar-refractivity contribution >= 4 is 23.2 Å². The molecule has 0 radical (unpaired) electrons. The molecule has 23 heavy (non-hydrogen) atoms. The highest BCUT2D eigenvalue weighted by Crippen LogP contribution is 2.14. The van der Waals surface area contributed by atoms with E-state index in [9.17, 15) is 9.59 Å². The molecule has 0 spiro atoms. The first kappa shape index (κ1) is 14.7. The Bertz CT molecular complexity index is 901. The highest BCUT2D eigenvalue weighted by molar-refractivity contribution is 6.03. The number of nitrogens with one attached hydrogen (secondary N) is 1. The number of anilines is 1. The van der Waals surface area contributed by atoms with Crippen LogP contribution in [0.2, 0.25) is 0 Å². The minimum atomic E-state index is -0.462. The normalized spacial score (nSPS) is 10.5. The monoisotopic (exact) mass is 310 g/mol. The van der Waals surface area contributed by atoms with E-state index in [1.54, 1.807) is 47.1 Å². The van der Waals surface area contributed by atoms with Crippen LogP contribution in [0.25, 0.3) is 5.65 Å². The van der Waals surface area contributed by atoms with E-state index >= 15 is 0 Å². The summed E-state index contributed by atoms with van der Waals surface area (Å²) in [6.07, 6.45) is 1.62. The van der Waals surface area contributed by atoms with Crippen LogP contribution in [-0.2, 0) is 4.74 Å². The van der Waals surface area contributed by atoms with E-state index in [1.807, 2.05) is 6.92 Å². The predicted molar refractivity (Wildman–Crippen MR) is 83.5 cm³/mol. The van der Waals surface area contributed by atoms with Gasteiger partial charge in [-0.15, -0.1) is 0 Å². The number of hydrogen-bond acceptors (Lipinski definition) is 5. The summed E-state index contributed by atoms with van der Waals surface area (Å²) in [5, 5.41) is 6.84. The first-order valence-corrected chi connectivity index (χ1v) is 6.89. The second-order valence-electron chi connectivity index (χ2n) is 4.91. The SMILES string of the molecule is COC(=O)c1cccc(NC(=O)c2cc(C)n3nccc3n2)c1. The van der Waals surface area contributed by atoms with Gasteiger partial charge >= 0.3 is 5.97 Å². The van der Waals surface area contributed by atoms with Crippen LogP contribution in [0, 0.1) is 6.92 Å². The second kappa shape index (κ2) is 5.88. The summed E-state index contributed by atoms with van der Waals surface area (Å²) in [4.78, 5) is 28.2. The maximum atomic E-state index is 12.4.